The van der Waals surface area contributed by atoms with Crippen LogP contribution < -0.4 is 0 Å². The molecule has 2 amide bonds. The van der Waals surface area contributed by atoms with Gasteiger partial charge in [0.05, 0.1) is 0 Å². The van der Waals surface area contributed by atoms with Gasteiger partial charge in [-0.25, -0.2) is 0 Å². The van der Waals surface area contributed by atoms with Crippen molar-refractivity contribution < 1.29 is 14.7 Å². The number of piperazine rings is 1. The van der Waals surface area contributed by atoms with E-state index in [4.69, 9.17) is 11.6 Å². The monoisotopic (exact) mass is 386 g/mol. The molecule has 27 heavy (non-hydrogen) atoms. The van der Waals surface area contributed by atoms with Crippen LogP contribution in [0.25, 0.3) is 0 Å². The fourth-order valence-electron chi connectivity index (χ4n) is 3.48. The quantitative estimate of drug-likeness (QED) is 0.877. The third-order valence-electron chi connectivity index (χ3n) is 5.01. The number of hydrogen-bond donors (Lipinski definition) is 1. The van der Waals surface area contributed by atoms with Gasteiger partial charge in [0, 0.05) is 50.5 Å². The van der Waals surface area contributed by atoms with Crippen molar-refractivity contribution in [3.63, 3.8) is 0 Å². The summed E-state index contributed by atoms with van der Waals surface area (Å²) in [5, 5.41) is 10.5. The number of phenolic OH excluding ortho intramolecular Hbond substituents is 1. The molecule has 0 radical (unpaired) electrons. The second-order valence-corrected chi connectivity index (χ2v) is 7.17. The molecule has 1 saturated heterocycles. The average molecular weight is 387 g/mol. The standard InChI is InChI=1S/C21H23ClN2O3/c1-15(25)23-9-11-24(12-10-23)21(27)14-19(16-5-4-6-17(26)13-16)18-7-2-3-8-20(18)22/h2-8,13,19,26H,9-12,14H2,1H3/t19-/m1/s1. The van der Waals surface area contributed by atoms with E-state index in [0.717, 1.165) is 11.1 Å². The van der Waals surface area contributed by atoms with Crippen LogP contribution in [0.1, 0.15) is 30.4 Å². The van der Waals surface area contributed by atoms with Crippen molar-refractivity contribution in [1.29, 1.82) is 0 Å². The lowest BCUT2D eigenvalue weighted by molar-refractivity contribution is -0.138. The number of benzene rings is 2. The first kappa shape index (κ1) is 19.2. The zero-order valence-electron chi connectivity index (χ0n) is 15.3. The van der Waals surface area contributed by atoms with Crippen LogP contribution in [0.3, 0.4) is 0 Å². The third kappa shape index (κ3) is 4.61. The normalized spacial score (nSPS) is 15.5. The molecule has 3 rings (SSSR count). The Kier molecular flexibility index (Phi) is 6.01. The van der Waals surface area contributed by atoms with E-state index in [1.807, 2.05) is 30.3 Å². The van der Waals surface area contributed by atoms with Gasteiger partial charge in [0.25, 0.3) is 0 Å². The predicted octanol–water partition coefficient (Wildman–Crippen LogP) is 3.26. The average Bonchev–Trinajstić information content (AvgIpc) is 2.66. The topological polar surface area (TPSA) is 60.9 Å². The third-order valence-corrected chi connectivity index (χ3v) is 5.35. The molecule has 1 N–H and O–H groups in total. The SMILES string of the molecule is CC(=O)N1CCN(C(=O)C[C@H](c2cccc(O)c2)c2ccccc2Cl)CC1. The van der Waals surface area contributed by atoms with Crippen molar-refractivity contribution in [2.75, 3.05) is 26.2 Å². The van der Waals surface area contributed by atoms with Crippen LogP contribution in [0.15, 0.2) is 48.5 Å². The van der Waals surface area contributed by atoms with Gasteiger partial charge >= 0.3 is 0 Å². The molecule has 1 heterocycles. The summed E-state index contributed by atoms with van der Waals surface area (Å²) in [6.45, 7) is 3.74. The summed E-state index contributed by atoms with van der Waals surface area (Å²) < 4.78 is 0. The van der Waals surface area contributed by atoms with Crippen LogP contribution in [0.2, 0.25) is 5.02 Å². The van der Waals surface area contributed by atoms with Gasteiger partial charge in [0.15, 0.2) is 0 Å². The second kappa shape index (κ2) is 8.44. The Morgan fingerprint density at radius 2 is 1.70 bits per heavy atom. The van der Waals surface area contributed by atoms with Crippen LogP contribution in [0.5, 0.6) is 5.75 Å². The minimum atomic E-state index is -0.246. The van der Waals surface area contributed by atoms with E-state index in [1.54, 1.807) is 34.9 Å². The molecule has 1 aliphatic heterocycles. The number of carbonyl (C=O) groups excluding carboxylic acids is 2. The highest BCUT2D eigenvalue weighted by atomic mass is 35.5. The number of rotatable bonds is 4. The van der Waals surface area contributed by atoms with Crippen LogP contribution in [-0.4, -0.2) is 52.9 Å². The van der Waals surface area contributed by atoms with Crippen LogP contribution in [-0.2, 0) is 9.59 Å². The van der Waals surface area contributed by atoms with Gasteiger partial charge in [-0.3, -0.25) is 9.59 Å². The van der Waals surface area contributed by atoms with Crippen molar-refractivity contribution in [2.45, 2.75) is 19.3 Å². The molecule has 2 aromatic rings. The molecular formula is C21H23ClN2O3. The van der Waals surface area contributed by atoms with Crippen molar-refractivity contribution >= 4 is 23.4 Å². The van der Waals surface area contributed by atoms with Crippen molar-refractivity contribution in [1.82, 2.24) is 9.80 Å². The molecule has 0 aromatic heterocycles. The number of aromatic hydroxyl groups is 1. The molecule has 1 aliphatic rings. The van der Waals surface area contributed by atoms with E-state index >= 15 is 0 Å². The van der Waals surface area contributed by atoms with Crippen molar-refractivity contribution in [3.8, 4) is 5.75 Å². The Morgan fingerprint density at radius 3 is 2.33 bits per heavy atom. The van der Waals surface area contributed by atoms with Gasteiger partial charge in [-0.2, -0.15) is 0 Å². The van der Waals surface area contributed by atoms with Crippen LogP contribution in [0.4, 0.5) is 0 Å². The molecule has 0 spiro atoms. The first-order valence-electron chi connectivity index (χ1n) is 9.02. The van der Waals surface area contributed by atoms with Gasteiger partial charge in [0.2, 0.25) is 11.8 Å². The van der Waals surface area contributed by atoms with E-state index in [-0.39, 0.29) is 29.9 Å². The highest BCUT2D eigenvalue weighted by Crippen LogP contribution is 2.34. The van der Waals surface area contributed by atoms with Crippen LogP contribution >= 0.6 is 11.6 Å². The summed E-state index contributed by atoms with van der Waals surface area (Å²) in [7, 11) is 0. The summed E-state index contributed by atoms with van der Waals surface area (Å²) in [5.74, 6) is -0.0292. The summed E-state index contributed by atoms with van der Waals surface area (Å²) in [4.78, 5) is 28.0. The second-order valence-electron chi connectivity index (χ2n) is 6.76. The van der Waals surface area contributed by atoms with E-state index in [0.29, 0.717) is 31.2 Å². The van der Waals surface area contributed by atoms with Crippen molar-refractivity contribution in [2.24, 2.45) is 0 Å². The number of amides is 2. The molecule has 0 bridgehead atoms. The molecule has 0 aliphatic carbocycles. The Bertz CT molecular complexity index is 832. The van der Waals surface area contributed by atoms with Gasteiger partial charge in [-0.15, -0.1) is 0 Å². The molecule has 1 atom stereocenters. The largest absolute Gasteiger partial charge is 0.508 e. The Hall–Kier alpha value is -2.53. The van der Waals surface area contributed by atoms with Crippen LogP contribution in [0, 0.1) is 0 Å². The predicted molar refractivity (Wildman–Crippen MR) is 105 cm³/mol. The molecule has 142 valence electrons. The van der Waals surface area contributed by atoms with Gasteiger partial charge in [0.1, 0.15) is 5.75 Å². The minimum absolute atomic E-state index is 0.0199. The molecule has 0 saturated carbocycles. The number of halogens is 1. The van der Waals surface area contributed by atoms with E-state index in [2.05, 4.69) is 0 Å². The lowest BCUT2D eigenvalue weighted by Gasteiger charge is -2.35. The zero-order valence-corrected chi connectivity index (χ0v) is 16.0. The van der Waals surface area contributed by atoms with Gasteiger partial charge in [-0.05, 0) is 29.3 Å². The maximum absolute atomic E-state index is 12.9. The smallest absolute Gasteiger partial charge is 0.223 e. The lowest BCUT2D eigenvalue weighted by atomic mass is 9.87. The highest BCUT2D eigenvalue weighted by molar-refractivity contribution is 6.31. The maximum Gasteiger partial charge on any atom is 0.223 e. The molecule has 5 nitrogen and oxygen atoms in total. The Labute approximate surface area is 164 Å². The van der Waals surface area contributed by atoms with Gasteiger partial charge in [-0.1, -0.05) is 41.9 Å². The van der Waals surface area contributed by atoms with E-state index in [1.165, 1.54) is 0 Å². The van der Waals surface area contributed by atoms with Crippen molar-refractivity contribution in [3.05, 3.63) is 64.7 Å². The molecule has 1 fully saturated rings. The molecule has 0 unspecified atom stereocenters. The fraction of sp³-hybridized carbons (Fsp3) is 0.333. The van der Waals surface area contributed by atoms with E-state index in [9.17, 15) is 14.7 Å². The number of phenols is 1. The summed E-state index contributed by atoms with van der Waals surface area (Å²) in [6.07, 6.45) is 0.257. The number of carbonyl (C=O) groups is 2. The summed E-state index contributed by atoms with van der Waals surface area (Å²) in [5.41, 5.74) is 1.71. The minimum Gasteiger partial charge on any atom is -0.508 e. The van der Waals surface area contributed by atoms with Gasteiger partial charge < -0.3 is 14.9 Å². The molecular weight excluding hydrogens is 364 g/mol. The highest BCUT2D eigenvalue weighted by Gasteiger charge is 2.27. The molecule has 2 aromatic carbocycles. The fourth-order valence-corrected chi connectivity index (χ4v) is 3.75. The number of nitrogens with zero attached hydrogens (tertiary/aromatic N) is 2. The Balaban J connectivity index is 1.81. The maximum atomic E-state index is 12.9. The molecule has 6 heteroatoms. The first-order chi connectivity index (χ1) is 13.0. The zero-order chi connectivity index (χ0) is 19.4. The Morgan fingerprint density at radius 1 is 1.04 bits per heavy atom. The van der Waals surface area contributed by atoms with E-state index < -0.39 is 0 Å². The summed E-state index contributed by atoms with van der Waals surface area (Å²) >= 11 is 6.40. The lowest BCUT2D eigenvalue weighted by Crippen LogP contribution is -2.50. The number of hydrogen-bond acceptors (Lipinski definition) is 3. The first-order valence-corrected chi connectivity index (χ1v) is 9.40. The summed E-state index contributed by atoms with van der Waals surface area (Å²) in [6, 6.07) is 14.4.